The fourth-order valence-electron chi connectivity index (χ4n) is 2.35. The van der Waals surface area contributed by atoms with Crippen molar-refractivity contribution in [2.45, 2.75) is 19.4 Å². The summed E-state index contributed by atoms with van der Waals surface area (Å²) in [4.78, 5) is 16.4. The highest BCUT2D eigenvalue weighted by Gasteiger charge is 2.27. The molecule has 1 unspecified atom stereocenters. The summed E-state index contributed by atoms with van der Waals surface area (Å²) < 4.78 is 0. The number of nitrogens with one attached hydrogen (secondary N) is 1. The maximum absolute atomic E-state index is 12.4. The van der Waals surface area contributed by atoms with Crippen molar-refractivity contribution in [1.82, 2.24) is 4.98 Å². The lowest BCUT2D eigenvalue weighted by Crippen LogP contribution is -2.27. The highest BCUT2D eigenvalue weighted by molar-refractivity contribution is 6.02. The van der Waals surface area contributed by atoms with E-state index in [-0.39, 0.29) is 11.8 Å². The van der Waals surface area contributed by atoms with Gasteiger partial charge in [-0.2, -0.15) is 0 Å². The number of carbonyl (C=O) groups is 1. The number of aromatic nitrogens is 1. The molecule has 3 nitrogen and oxygen atoms in total. The molecule has 0 saturated carbocycles. The lowest BCUT2D eigenvalue weighted by Gasteiger charge is -2.10. The summed E-state index contributed by atoms with van der Waals surface area (Å²) in [5.74, 6) is 0.113. The third-order valence-electron chi connectivity index (χ3n) is 3.25. The normalized spacial score (nSPS) is 17.1. The predicted octanol–water partition coefficient (Wildman–Crippen LogP) is 2.61. The van der Waals surface area contributed by atoms with Crippen molar-refractivity contribution in [1.29, 1.82) is 0 Å². The van der Waals surface area contributed by atoms with E-state index in [9.17, 15) is 4.79 Å². The third-order valence-corrected chi connectivity index (χ3v) is 3.25. The second-order valence-corrected chi connectivity index (χ2v) is 4.67. The molecular weight excluding hydrogens is 224 g/mol. The van der Waals surface area contributed by atoms with Gasteiger partial charge in [0.2, 0.25) is 0 Å². The Labute approximate surface area is 106 Å². The van der Waals surface area contributed by atoms with Crippen molar-refractivity contribution in [2.24, 2.45) is 0 Å². The van der Waals surface area contributed by atoms with Gasteiger partial charge in [-0.1, -0.05) is 18.2 Å². The zero-order valence-electron chi connectivity index (χ0n) is 10.2. The van der Waals surface area contributed by atoms with Crippen LogP contribution in [0.2, 0.25) is 0 Å². The van der Waals surface area contributed by atoms with Crippen molar-refractivity contribution < 1.29 is 4.79 Å². The van der Waals surface area contributed by atoms with Gasteiger partial charge >= 0.3 is 0 Å². The third kappa shape index (κ3) is 1.88. The molecule has 1 atom stereocenters. The number of nitrogens with zero attached hydrogens (tertiary/aromatic N) is 1. The number of hydrogen-bond acceptors (Lipinski definition) is 3. The first-order chi connectivity index (χ1) is 8.74. The van der Waals surface area contributed by atoms with Gasteiger partial charge in [-0.15, -0.1) is 0 Å². The molecular formula is C15H14N2O. The first-order valence-corrected chi connectivity index (χ1v) is 6.04. The summed E-state index contributed by atoms with van der Waals surface area (Å²) in [6, 6.07) is 9.78. The highest BCUT2D eigenvalue weighted by atomic mass is 16.1. The molecule has 1 aliphatic heterocycles. The van der Waals surface area contributed by atoms with Gasteiger partial charge in [0.25, 0.3) is 0 Å². The van der Waals surface area contributed by atoms with Gasteiger partial charge < -0.3 is 5.32 Å². The van der Waals surface area contributed by atoms with Crippen LogP contribution in [0.4, 0.5) is 5.69 Å². The fraction of sp³-hybridized carbons (Fsp3) is 0.200. The standard InChI is InChI=1S/C15H14N2O/c1-10-6-12(9-16-8-10)15(18)14-7-11-4-2-3-5-13(11)17-14/h2-6,8-9,14,17H,7H2,1H3. The zero-order valence-corrected chi connectivity index (χ0v) is 10.2. The molecule has 0 fully saturated rings. The largest absolute Gasteiger partial charge is 0.374 e. The van der Waals surface area contributed by atoms with Crippen molar-refractivity contribution in [2.75, 3.05) is 5.32 Å². The van der Waals surface area contributed by atoms with Crippen molar-refractivity contribution in [3.05, 3.63) is 59.4 Å². The lowest BCUT2D eigenvalue weighted by molar-refractivity contribution is 0.0971. The molecule has 1 aromatic carbocycles. The Morgan fingerprint density at radius 1 is 1.33 bits per heavy atom. The van der Waals surface area contributed by atoms with Crippen LogP contribution in [0, 0.1) is 6.92 Å². The topological polar surface area (TPSA) is 42.0 Å². The Morgan fingerprint density at radius 3 is 2.94 bits per heavy atom. The molecule has 2 aromatic rings. The van der Waals surface area contributed by atoms with Gasteiger partial charge in [-0.05, 0) is 30.2 Å². The van der Waals surface area contributed by atoms with E-state index in [0.717, 1.165) is 17.7 Å². The molecule has 1 aliphatic rings. The molecule has 0 spiro atoms. The van der Waals surface area contributed by atoms with Crippen LogP contribution >= 0.6 is 0 Å². The van der Waals surface area contributed by atoms with Gasteiger partial charge in [-0.25, -0.2) is 0 Å². The Hall–Kier alpha value is -2.16. The number of fused-ring (bicyclic) bond motifs is 1. The van der Waals surface area contributed by atoms with Crippen LogP contribution in [-0.2, 0) is 6.42 Å². The summed E-state index contributed by atoms with van der Waals surface area (Å²) in [7, 11) is 0. The number of Topliss-reactive ketones (excluding diaryl/α,β-unsaturated/α-hetero) is 1. The average molecular weight is 238 g/mol. The highest BCUT2D eigenvalue weighted by Crippen LogP contribution is 2.26. The predicted molar refractivity (Wildman–Crippen MR) is 70.9 cm³/mol. The van der Waals surface area contributed by atoms with Crippen LogP contribution in [0.3, 0.4) is 0 Å². The van der Waals surface area contributed by atoms with E-state index in [2.05, 4.69) is 16.4 Å². The van der Waals surface area contributed by atoms with E-state index in [1.54, 1.807) is 12.4 Å². The van der Waals surface area contributed by atoms with Gasteiger partial charge in [0.1, 0.15) is 0 Å². The minimum absolute atomic E-state index is 0.113. The molecule has 2 heterocycles. The first kappa shape index (κ1) is 11.0. The molecule has 3 rings (SSSR count). The van der Waals surface area contributed by atoms with Crippen LogP contribution in [0.1, 0.15) is 21.5 Å². The summed E-state index contributed by atoms with van der Waals surface area (Å²) in [6.07, 6.45) is 4.15. The van der Waals surface area contributed by atoms with Gasteiger partial charge in [-0.3, -0.25) is 9.78 Å². The zero-order chi connectivity index (χ0) is 12.5. The van der Waals surface area contributed by atoms with Crippen LogP contribution in [0.5, 0.6) is 0 Å². The molecule has 3 heteroatoms. The molecule has 0 aliphatic carbocycles. The van der Waals surface area contributed by atoms with Crippen LogP contribution in [0.25, 0.3) is 0 Å². The number of rotatable bonds is 2. The summed E-state index contributed by atoms with van der Waals surface area (Å²) >= 11 is 0. The Balaban J connectivity index is 1.84. The maximum atomic E-state index is 12.4. The smallest absolute Gasteiger partial charge is 0.186 e. The Morgan fingerprint density at radius 2 is 2.17 bits per heavy atom. The first-order valence-electron chi connectivity index (χ1n) is 6.04. The van der Waals surface area contributed by atoms with Crippen LogP contribution < -0.4 is 5.32 Å². The Kier molecular flexibility index (Phi) is 2.59. The van der Waals surface area contributed by atoms with E-state index >= 15 is 0 Å². The molecule has 0 amide bonds. The van der Waals surface area contributed by atoms with Crippen LogP contribution in [-0.4, -0.2) is 16.8 Å². The minimum atomic E-state index is -0.161. The van der Waals surface area contributed by atoms with Gasteiger partial charge in [0.05, 0.1) is 6.04 Å². The van der Waals surface area contributed by atoms with E-state index in [1.807, 2.05) is 31.2 Å². The van der Waals surface area contributed by atoms with Crippen molar-refractivity contribution >= 4 is 11.5 Å². The summed E-state index contributed by atoms with van der Waals surface area (Å²) in [5.41, 5.74) is 3.96. The van der Waals surface area contributed by atoms with Crippen LogP contribution in [0.15, 0.2) is 42.7 Å². The van der Waals surface area contributed by atoms with Crippen molar-refractivity contribution in [3.63, 3.8) is 0 Å². The second-order valence-electron chi connectivity index (χ2n) is 4.67. The number of aryl methyl sites for hydroxylation is 1. The number of carbonyl (C=O) groups excluding carboxylic acids is 1. The SMILES string of the molecule is Cc1cncc(C(=O)C2Cc3ccccc3N2)c1. The van der Waals surface area contributed by atoms with E-state index < -0.39 is 0 Å². The van der Waals surface area contributed by atoms with E-state index in [4.69, 9.17) is 0 Å². The maximum Gasteiger partial charge on any atom is 0.186 e. The molecule has 0 radical (unpaired) electrons. The molecule has 0 saturated heterocycles. The number of pyridine rings is 1. The average Bonchev–Trinajstić information content (AvgIpc) is 2.81. The van der Waals surface area contributed by atoms with Gasteiger partial charge in [0.15, 0.2) is 5.78 Å². The summed E-state index contributed by atoms with van der Waals surface area (Å²) in [6.45, 7) is 1.95. The number of anilines is 1. The Bertz CT molecular complexity index is 582. The van der Waals surface area contributed by atoms with Gasteiger partial charge in [0, 0.05) is 30.1 Å². The van der Waals surface area contributed by atoms with Crippen molar-refractivity contribution in [3.8, 4) is 0 Å². The monoisotopic (exact) mass is 238 g/mol. The minimum Gasteiger partial charge on any atom is -0.374 e. The molecule has 18 heavy (non-hydrogen) atoms. The number of para-hydroxylation sites is 1. The molecule has 1 N–H and O–H groups in total. The summed E-state index contributed by atoms with van der Waals surface area (Å²) in [5, 5.41) is 3.27. The molecule has 1 aromatic heterocycles. The fourth-order valence-corrected chi connectivity index (χ4v) is 2.35. The quantitative estimate of drug-likeness (QED) is 0.818. The number of benzene rings is 1. The number of ketones is 1. The molecule has 90 valence electrons. The number of hydrogen-bond donors (Lipinski definition) is 1. The van der Waals surface area contributed by atoms with E-state index in [0.29, 0.717) is 5.56 Å². The second kappa shape index (κ2) is 4.26. The lowest BCUT2D eigenvalue weighted by atomic mass is 10.0. The molecule has 0 bridgehead atoms. The van der Waals surface area contributed by atoms with E-state index in [1.165, 1.54) is 5.56 Å².